The molecule has 0 bridgehead atoms. The Morgan fingerprint density at radius 2 is 1.89 bits per heavy atom. The van der Waals surface area contributed by atoms with Crippen LogP contribution in [-0.2, 0) is 20.8 Å². The Morgan fingerprint density at radius 1 is 1.17 bits per heavy atom. The second-order valence-electron chi connectivity index (χ2n) is 9.22. The number of ether oxygens (including phenoxy) is 2. The van der Waals surface area contributed by atoms with Crippen molar-refractivity contribution in [2.45, 2.75) is 57.2 Å². The lowest BCUT2D eigenvalue weighted by Crippen LogP contribution is -2.50. The fourth-order valence-corrected chi connectivity index (χ4v) is 4.64. The first kappa shape index (κ1) is 27.0. The zero-order valence-electron chi connectivity index (χ0n) is 20.4. The summed E-state index contributed by atoms with van der Waals surface area (Å²) in [7, 11) is 0. The van der Waals surface area contributed by atoms with E-state index < -0.39 is 17.7 Å². The third-order valence-electron chi connectivity index (χ3n) is 5.07. The molecule has 188 valence electrons. The van der Waals surface area contributed by atoms with Gasteiger partial charge in [0.05, 0.1) is 12.2 Å². The number of amides is 2. The van der Waals surface area contributed by atoms with Crippen LogP contribution in [0.5, 0.6) is 0 Å². The van der Waals surface area contributed by atoms with Crippen LogP contribution < -0.4 is 10.2 Å². The minimum absolute atomic E-state index is 0.0201. The van der Waals surface area contributed by atoms with E-state index in [2.05, 4.69) is 5.32 Å². The number of halogens is 1. The van der Waals surface area contributed by atoms with Gasteiger partial charge < -0.3 is 19.7 Å². The van der Waals surface area contributed by atoms with Crippen LogP contribution in [0.15, 0.2) is 47.4 Å². The number of Topliss-reactive ketones (excluding diaryl/α,β-unsaturated/α-hetero) is 1. The van der Waals surface area contributed by atoms with Crippen LogP contribution in [0, 0.1) is 0 Å². The molecule has 1 aliphatic rings. The van der Waals surface area contributed by atoms with E-state index in [0.29, 0.717) is 28.6 Å². The second-order valence-corrected chi connectivity index (χ2v) is 10.7. The van der Waals surface area contributed by atoms with Crippen molar-refractivity contribution < 1.29 is 23.9 Å². The standard InChI is InChI=1S/C26H31ClN2O5S/c1-5-12-33-15-22(30)18-8-11-23-21(13-18)29(14-17-6-9-19(27)10-7-17)24(31)20(16-35-23)28-25(32)34-26(2,3)4/h6-11,13,20H,5,12,14-16H2,1-4H3,(H,28,32)/t20-/m0/s1. The maximum absolute atomic E-state index is 13.7. The van der Waals surface area contributed by atoms with Crippen molar-refractivity contribution in [2.75, 3.05) is 23.9 Å². The summed E-state index contributed by atoms with van der Waals surface area (Å²) in [5, 5.41) is 3.31. The number of anilines is 1. The van der Waals surface area contributed by atoms with E-state index in [1.54, 1.807) is 49.9 Å². The summed E-state index contributed by atoms with van der Waals surface area (Å²) in [6, 6.07) is 11.7. The summed E-state index contributed by atoms with van der Waals surface area (Å²) in [6.07, 6.45) is 0.168. The van der Waals surface area contributed by atoms with E-state index in [1.165, 1.54) is 11.8 Å². The fraction of sp³-hybridized carbons (Fsp3) is 0.423. The highest BCUT2D eigenvalue weighted by Crippen LogP contribution is 2.36. The Hall–Kier alpha value is -2.55. The summed E-state index contributed by atoms with van der Waals surface area (Å²) in [5.41, 5.74) is 1.25. The molecule has 0 fully saturated rings. The number of hydrogen-bond acceptors (Lipinski definition) is 6. The molecule has 1 aliphatic heterocycles. The average Bonchev–Trinajstić information content (AvgIpc) is 2.91. The summed E-state index contributed by atoms with van der Waals surface area (Å²) in [6.45, 7) is 8.01. The molecule has 3 rings (SSSR count). The third-order valence-corrected chi connectivity index (χ3v) is 6.48. The predicted octanol–water partition coefficient (Wildman–Crippen LogP) is 5.48. The maximum Gasteiger partial charge on any atom is 0.408 e. The van der Waals surface area contributed by atoms with E-state index in [9.17, 15) is 14.4 Å². The van der Waals surface area contributed by atoms with Gasteiger partial charge in [0.1, 0.15) is 18.2 Å². The number of benzene rings is 2. The molecule has 0 radical (unpaired) electrons. The largest absolute Gasteiger partial charge is 0.444 e. The minimum atomic E-state index is -0.804. The first-order valence-electron chi connectivity index (χ1n) is 11.5. The van der Waals surface area contributed by atoms with Gasteiger partial charge in [0.2, 0.25) is 0 Å². The Morgan fingerprint density at radius 3 is 2.54 bits per heavy atom. The molecule has 7 nitrogen and oxygen atoms in total. The van der Waals surface area contributed by atoms with Gasteiger partial charge in [-0.25, -0.2) is 4.79 Å². The number of alkyl carbamates (subject to hydrolysis) is 1. The molecule has 0 saturated heterocycles. The van der Waals surface area contributed by atoms with E-state index in [-0.39, 0.29) is 24.8 Å². The van der Waals surface area contributed by atoms with E-state index in [0.717, 1.165) is 16.9 Å². The van der Waals surface area contributed by atoms with Crippen LogP contribution in [0.1, 0.15) is 50.0 Å². The van der Waals surface area contributed by atoms with Gasteiger partial charge in [-0.15, -0.1) is 11.8 Å². The maximum atomic E-state index is 13.7. The highest BCUT2D eigenvalue weighted by atomic mass is 35.5. The number of thioether (sulfide) groups is 1. The van der Waals surface area contributed by atoms with Gasteiger partial charge in [-0.1, -0.05) is 36.7 Å². The average molecular weight is 519 g/mol. The van der Waals surface area contributed by atoms with Gasteiger partial charge in [0.25, 0.3) is 5.91 Å². The van der Waals surface area contributed by atoms with Crippen LogP contribution in [0.3, 0.4) is 0 Å². The molecule has 35 heavy (non-hydrogen) atoms. The molecule has 0 saturated carbocycles. The first-order valence-corrected chi connectivity index (χ1v) is 12.9. The molecule has 0 aliphatic carbocycles. The summed E-state index contributed by atoms with van der Waals surface area (Å²) < 4.78 is 10.8. The zero-order valence-corrected chi connectivity index (χ0v) is 22.0. The molecule has 9 heteroatoms. The Kier molecular flexibility index (Phi) is 9.21. The molecule has 0 aromatic heterocycles. The van der Waals surface area contributed by atoms with Crippen molar-refractivity contribution in [2.24, 2.45) is 0 Å². The molecular weight excluding hydrogens is 488 g/mol. The topological polar surface area (TPSA) is 84.9 Å². The highest BCUT2D eigenvalue weighted by Gasteiger charge is 2.33. The molecular formula is C26H31ClN2O5S. The molecule has 2 aromatic rings. The second kappa shape index (κ2) is 11.9. The number of hydrogen-bond donors (Lipinski definition) is 1. The molecule has 2 amide bonds. The van der Waals surface area contributed by atoms with Crippen LogP contribution in [0.2, 0.25) is 5.02 Å². The molecule has 0 unspecified atom stereocenters. The van der Waals surface area contributed by atoms with Gasteiger partial charge in [-0.2, -0.15) is 0 Å². The smallest absolute Gasteiger partial charge is 0.408 e. The number of fused-ring (bicyclic) bond motifs is 1. The first-order chi connectivity index (χ1) is 16.6. The predicted molar refractivity (Wildman–Crippen MR) is 138 cm³/mol. The molecule has 0 spiro atoms. The monoisotopic (exact) mass is 518 g/mol. The number of rotatable bonds is 8. The molecule has 1 N–H and O–H groups in total. The van der Waals surface area contributed by atoms with E-state index >= 15 is 0 Å². The van der Waals surface area contributed by atoms with Crippen LogP contribution in [0.4, 0.5) is 10.5 Å². The zero-order chi connectivity index (χ0) is 25.6. The quantitative estimate of drug-likeness (QED) is 0.368. The number of carbonyl (C=O) groups excluding carboxylic acids is 3. The van der Waals surface area contributed by atoms with Crippen LogP contribution in [0.25, 0.3) is 0 Å². The third kappa shape index (κ3) is 7.72. The van der Waals surface area contributed by atoms with Crippen LogP contribution in [-0.4, -0.2) is 48.4 Å². The normalized spacial score (nSPS) is 15.9. The summed E-state index contributed by atoms with van der Waals surface area (Å²) in [5.74, 6) is -0.114. The molecule has 2 aromatic carbocycles. The van der Waals surface area contributed by atoms with E-state index in [1.807, 2.05) is 25.1 Å². The van der Waals surface area contributed by atoms with E-state index in [4.69, 9.17) is 21.1 Å². The van der Waals surface area contributed by atoms with Gasteiger partial charge in [0.15, 0.2) is 5.78 Å². The Bertz CT molecular complexity index is 1070. The summed E-state index contributed by atoms with van der Waals surface area (Å²) >= 11 is 7.48. The fourth-order valence-electron chi connectivity index (χ4n) is 3.46. The van der Waals surface area contributed by atoms with Crippen molar-refractivity contribution in [3.63, 3.8) is 0 Å². The van der Waals surface area contributed by atoms with Crippen molar-refractivity contribution >= 4 is 46.8 Å². The van der Waals surface area contributed by atoms with Crippen molar-refractivity contribution in [3.05, 3.63) is 58.6 Å². The Balaban J connectivity index is 1.92. The molecule has 1 heterocycles. The number of nitrogens with zero attached hydrogens (tertiary/aromatic N) is 1. The number of carbonyl (C=O) groups is 3. The lowest BCUT2D eigenvalue weighted by atomic mass is 10.1. The van der Waals surface area contributed by atoms with Gasteiger partial charge in [-0.3, -0.25) is 9.59 Å². The lowest BCUT2D eigenvalue weighted by molar-refractivity contribution is -0.120. The van der Waals surface area contributed by atoms with Gasteiger partial charge >= 0.3 is 6.09 Å². The lowest BCUT2D eigenvalue weighted by Gasteiger charge is -2.27. The number of nitrogens with one attached hydrogen (secondary N) is 1. The minimum Gasteiger partial charge on any atom is -0.444 e. The van der Waals surface area contributed by atoms with Gasteiger partial charge in [0, 0.05) is 27.8 Å². The Labute approximate surface area is 215 Å². The van der Waals surface area contributed by atoms with Crippen molar-refractivity contribution in [3.8, 4) is 0 Å². The molecule has 1 atom stereocenters. The SMILES string of the molecule is CCCOCC(=O)c1ccc2c(c1)N(Cc1ccc(Cl)cc1)C(=O)[C@@H](NC(=O)OC(C)(C)C)CS2. The van der Waals surface area contributed by atoms with Gasteiger partial charge in [-0.05, 0) is 57.0 Å². The summed E-state index contributed by atoms with van der Waals surface area (Å²) in [4.78, 5) is 41.3. The van der Waals surface area contributed by atoms with Crippen molar-refractivity contribution in [1.29, 1.82) is 0 Å². The highest BCUT2D eigenvalue weighted by molar-refractivity contribution is 7.99. The number of ketones is 1. The van der Waals surface area contributed by atoms with Crippen molar-refractivity contribution in [1.82, 2.24) is 5.32 Å². The van der Waals surface area contributed by atoms with Crippen LogP contribution >= 0.6 is 23.4 Å².